The molecule has 2 heterocycles. The van der Waals surface area contributed by atoms with Gasteiger partial charge in [0, 0.05) is 43.6 Å². The molecule has 0 aliphatic carbocycles. The number of nitriles is 1. The first-order valence-corrected chi connectivity index (χ1v) is 13.2. The Bertz CT molecular complexity index is 1320. The van der Waals surface area contributed by atoms with Crippen LogP contribution in [0.2, 0.25) is 0 Å². The highest BCUT2D eigenvalue weighted by Gasteiger charge is 2.31. The van der Waals surface area contributed by atoms with Crippen molar-refractivity contribution >= 4 is 28.4 Å². The summed E-state index contributed by atoms with van der Waals surface area (Å²) in [4.78, 5) is 15.0. The van der Waals surface area contributed by atoms with Crippen LogP contribution in [0.4, 0.5) is 5.69 Å². The molecule has 0 unspecified atom stereocenters. The van der Waals surface area contributed by atoms with E-state index in [0.29, 0.717) is 24.5 Å². The molecule has 4 rings (SSSR count). The number of carbonyl (C=O) groups is 1. The fraction of sp³-hybridized carbons (Fsp3) is 0.400. The molecule has 8 heteroatoms. The minimum Gasteiger partial charge on any atom is -0.457 e. The number of furan rings is 1. The van der Waals surface area contributed by atoms with Crippen molar-refractivity contribution in [2.75, 3.05) is 31.1 Å². The highest BCUT2D eigenvalue weighted by molar-refractivity contribution is 6.01. The van der Waals surface area contributed by atoms with Crippen LogP contribution in [0.3, 0.4) is 0 Å². The van der Waals surface area contributed by atoms with Crippen LogP contribution < -0.4 is 10.2 Å². The van der Waals surface area contributed by atoms with Crippen LogP contribution in [0, 0.1) is 11.3 Å². The third kappa shape index (κ3) is 6.43. The molecule has 3 N–H and O–H groups in total. The van der Waals surface area contributed by atoms with Crippen LogP contribution in [0.15, 0.2) is 58.5 Å². The first-order valence-electron chi connectivity index (χ1n) is 13.2. The number of aliphatic hydroxyl groups excluding tert-OH is 2. The molecule has 3 aromatic rings. The van der Waals surface area contributed by atoms with Crippen LogP contribution in [0.5, 0.6) is 0 Å². The van der Waals surface area contributed by atoms with Crippen molar-refractivity contribution in [1.29, 1.82) is 5.26 Å². The molecule has 0 saturated carbocycles. The van der Waals surface area contributed by atoms with E-state index in [1.165, 1.54) is 11.8 Å². The van der Waals surface area contributed by atoms with Gasteiger partial charge < -0.3 is 29.6 Å². The second-order valence-electron chi connectivity index (χ2n) is 9.57. The Morgan fingerprint density at radius 3 is 2.58 bits per heavy atom. The van der Waals surface area contributed by atoms with Crippen LogP contribution in [0.25, 0.3) is 28.2 Å². The molecule has 3 atom stereocenters. The zero-order chi connectivity index (χ0) is 27.1. The Kier molecular flexibility index (Phi) is 9.19. The third-order valence-corrected chi connectivity index (χ3v) is 6.72. The summed E-state index contributed by atoms with van der Waals surface area (Å²) in [5, 5.41) is 34.1. The van der Waals surface area contributed by atoms with Gasteiger partial charge in [0.15, 0.2) is 0 Å². The average Bonchev–Trinajstić information content (AvgIpc) is 3.40. The predicted octanol–water partition coefficient (Wildman–Crippen LogP) is 4.26. The molecule has 200 valence electrons. The SMILES string of the molecule is CCCN(CCC)c1ccc2cc(-c3ccc(/C=C(\C#N)C(=O)NC[C@H]4OCC[C@@H](O)[C@@H]4O)o3)ccc2c1. The zero-order valence-corrected chi connectivity index (χ0v) is 21.9. The number of ether oxygens (including phenoxy) is 1. The minimum atomic E-state index is -1.09. The molecule has 1 amide bonds. The molecule has 1 fully saturated rings. The van der Waals surface area contributed by atoms with Crippen molar-refractivity contribution in [2.45, 2.75) is 51.4 Å². The number of benzene rings is 2. The van der Waals surface area contributed by atoms with E-state index in [4.69, 9.17) is 9.15 Å². The van der Waals surface area contributed by atoms with Crippen molar-refractivity contribution < 1.29 is 24.2 Å². The fourth-order valence-electron chi connectivity index (χ4n) is 4.69. The number of hydrogen-bond acceptors (Lipinski definition) is 7. The van der Waals surface area contributed by atoms with Gasteiger partial charge >= 0.3 is 0 Å². The molecule has 2 aromatic carbocycles. The average molecular weight is 518 g/mol. The maximum absolute atomic E-state index is 12.5. The van der Waals surface area contributed by atoms with Crippen LogP contribution >= 0.6 is 0 Å². The van der Waals surface area contributed by atoms with Gasteiger partial charge in [-0.3, -0.25) is 4.79 Å². The second kappa shape index (κ2) is 12.7. The van der Waals surface area contributed by atoms with Gasteiger partial charge in [0.1, 0.15) is 35.4 Å². The minimum absolute atomic E-state index is 0.0209. The number of nitrogens with zero attached hydrogens (tertiary/aromatic N) is 2. The molecular formula is C30H35N3O5. The Hall–Kier alpha value is -3.64. The quantitative estimate of drug-likeness (QED) is 0.272. The van der Waals surface area contributed by atoms with Gasteiger partial charge in [0.2, 0.25) is 0 Å². The van der Waals surface area contributed by atoms with Gasteiger partial charge in [-0.1, -0.05) is 32.0 Å². The monoisotopic (exact) mass is 517 g/mol. The van der Waals surface area contributed by atoms with E-state index in [2.05, 4.69) is 54.4 Å². The normalized spacial score (nSPS) is 19.8. The smallest absolute Gasteiger partial charge is 0.262 e. The van der Waals surface area contributed by atoms with Crippen LogP contribution in [0.1, 0.15) is 38.9 Å². The molecular weight excluding hydrogens is 482 g/mol. The first kappa shape index (κ1) is 27.4. The maximum Gasteiger partial charge on any atom is 0.262 e. The van der Waals surface area contributed by atoms with Gasteiger partial charge in [-0.25, -0.2) is 0 Å². The van der Waals surface area contributed by atoms with Crippen molar-refractivity contribution in [3.8, 4) is 17.4 Å². The summed E-state index contributed by atoms with van der Waals surface area (Å²) in [6.07, 6.45) is 1.20. The summed E-state index contributed by atoms with van der Waals surface area (Å²) in [5.41, 5.74) is 1.99. The van der Waals surface area contributed by atoms with Crippen LogP contribution in [-0.2, 0) is 9.53 Å². The number of amides is 1. The van der Waals surface area contributed by atoms with E-state index in [-0.39, 0.29) is 12.1 Å². The highest BCUT2D eigenvalue weighted by atomic mass is 16.5. The number of aliphatic hydroxyl groups is 2. The van der Waals surface area contributed by atoms with Crippen molar-refractivity contribution in [2.24, 2.45) is 0 Å². The van der Waals surface area contributed by atoms with Crippen molar-refractivity contribution in [3.63, 3.8) is 0 Å². The topological polar surface area (TPSA) is 119 Å². The number of fused-ring (bicyclic) bond motifs is 1. The molecule has 1 saturated heterocycles. The van der Waals surface area contributed by atoms with Gasteiger partial charge in [-0.15, -0.1) is 0 Å². The molecule has 1 aliphatic rings. The Labute approximate surface area is 223 Å². The number of rotatable bonds is 10. The Balaban J connectivity index is 1.46. The van der Waals surface area contributed by atoms with E-state index in [9.17, 15) is 20.3 Å². The molecule has 0 spiro atoms. The number of anilines is 1. The number of carbonyl (C=O) groups excluding carboxylic acids is 1. The van der Waals surface area contributed by atoms with E-state index in [0.717, 1.165) is 42.3 Å². The van der Waals surface area contributed by atoms with Crippen molar-refractivity contribution in [3.05, 3.63) is 59.9 Å². The molecule has 0 radical (unpaired) electrons. The molecule has 38 heavy (non-hydrogen) atoms. The summed E-state index contributed by atoms with van der Waals surface area (Å²) >= 11 is 0. The summed E-state index contributed by atoms with van der Waals surface area (Å²) in [5.74, 6) is 0.399. The summed E-state index contributed by atoms with van der Waals surface area (Å²) in [6, 6.07) is 18.1. The number of hydrogen-bond donors (Lipinski definition) is 3. The molecule has 0 bridgehead atoms. The lowest BCUT2D eigenvalue weighted by atomic mass is 10.0. The molecule has 8 nitrogen and oxygen atoms in total. The summed E-state index contributed by atoms with van der Waals surface area (Å²) in [6.45, 7) is 6.72. The maximum atomic E-state index is 12.5. The van der Waals surface area contributed by atoms with E-state index in [1.807, 2.05) is 18.2 Å². The van der Waals surface area contributed by atoms with E-state index in [1.54, 1.807) is 6.07 Å². The third-order valence-electron chi connectivity index (χ3n) is 6.72. The van der Waals surface area contributed by atoms with Gasteiger partial charge in [0.05, 0.1) is 6.10 Å². The fourth-order valence-corrected chi connectivity index (χ4v) is 4.69. The lowest BCUT2D eigenvalue weighted by Gasteiger charge is -2.31. The molecule has 1 aliphatic heterocycles. The zero-order valence-electron chi connectivity index (χ0n) is 21.9. The highest BCUT2D eigenvalue weighted by Crippen LogP contribution is 2.29. The predicted molar refractivity (Wildman–Crippen MR) is 147 cm³/mol. The van der Waals surface area contributed by atoms with Crippen LogP contribution in [-0.4, -0.2) is 60.7 Å². The lowest BCUT2D eigenvalue weighted by molar-refractivity contribution is -0.136. The van der Waals surface area contributed by atoms with Gasteiger partial charge in [0.25, 0.3) is 5.91 Å². The van der Waals surface area contributed by atoms with E-state index >= 15 is 0 Å². The standard InChI is InChI=1S/C30H35N3O5/c1-3-12-33(13-4-2)24-8-7-20-15-22(6-5-21(20)16-24)27-10-9-25(38-27)17-23(18-31)30(36)32-19-28-29(35)26(34)11-14-37-28/h5-10,15-17,26,28-29,34-35H,3-4,11-14,19H2,1-2H3,(H,32,36)/b23-17+/t26-,28-,29+/m1/s1. The molecule has 1 aromatic heterocycles. The van der Waals surface area contributed by atoms with E-state index < -0.39 is 24.2 Å². The Morgan fingerprint density at radius 2 is 1.84 bits per heavy atom. The Morgan fingerprint density at radius 1 is 1.11 bits per heavy atom. The largest absolute Gasteiger partial charge is 0.457 e. The second-order valence-corrected chi connectivity index (χ2v) is 9.57. The van der Waals surface area contributed by atoms with Gasteiger partial charge in [-0.05, 0) is 60.4 Å². The lowest BCUT2D eigenvalue weighted by Crippen LogP contribution is -2.50. The number of nitrogens with one attached hydrogen (secondary N) is 1. The first-order chi connectivity index (χ1) is 18.4. The van der Waals surface area contributed by atoms with Crippen molar-refractivity contribution in [1.82, 2.24) is 5.32 Å². The summed E-state index contributed by atoms with van der Waals surface area (Å²) in [7, 11) is 0. The summed E-state index contributed by atoms with van der Waals surface area (Å²) < 4.78 is 11.4. The van der Waals surface area contributed by atoms with Gasteiger partial charge in [-0.2, -0.15) is 5.26 Å².